The third-order valence-electron chi connectivity index (χ3n) is 1.31. The molecule has 1 aliphatic carbocycles. The van der Waals surface area contributed by atoms with Gasteiger partial charge in [-0.3, -0.25) is 0 Å². The van der Waals surface area contributed by atoms with E-state index >= 15 is 0 Å². The molecular formula is C7H8F2. The lowest BCUT2D eigenvalue weighted by Crippen LogP contribution is -2.02. The number of halogens is 2. The first-order valence-electron chi connectivity index (χ1n) is 2.88. The van der Waals surface area contributed by atoms with E-state index in [1.165, 1.54) is 6.08 Å². The molecule has 2 heteroatoms. The molecular weight excluding hydrogens is 122 g/mol. The summed E-state index contributed by atoms with van der Waals surface area (Å²) in [7, 11) is 0. The van der Waals surface area contributed by atoms with E-state index in [0.29, 0.717) is 0 Å². The molecule has 0 saturated heterocycles. The Kier molecular flexibility index (Phi) is 1.65. The van der Waals surface area contributed by atoms with Crippen molar-refractivity contribution < 1.29 is 8.78 Å². The van der Waals surface area contributed by atoms with E-state index in [0.717, 1.165) is 5.57 Å². The van der Waals surface area contributed by atoms with E-state index in [1.807, 2.05) is 0 Å². The zero-order valence-electron chi connectivity index (χ0n) is 5.20. The minimum absolute atomic E-state index is 0.189. The second-order valence-corrected chi connectivity index (χ2v) is 2.18. The summed E-state index contributed by atoms with van der Waals surface area (Å²) in [5, 5.41) is 0. The van der Waals surface area contributed by atoms with Gasteiger partial charge in [0.15, 0.2) is 6.17 Å². The lowest BCUT2D eigenvalue weighted by Gasteiger charge is -2.07. The number of allylic oxidation sites excluding steroid dienone is 4. The van der Waals surface area contributed by atoms with Crippen LogP contribution in [0.4, 0.5) is 8.78 Å². The molecule has 0 heterocycles. The third kappa shape index (κ3) is 1.37. The van der Waals surface area contributed by atoms with Gasteiger partial charge in [0, 0.05) is 6.42 Å². The number of hydrogen-bond donors (Lipinski definition) is 0. The standard InChI is InChI=1S/C7H8F2/c1-5-2-3-6(8)7(9)4-5/h2,4,6H,3H2,1H3. The molecule has 1 atom stereocenters. The van der Waals surface area contributed by atoms with Gasteiger partial charge in [-0.2, -0.15) is 0 Å². The van der Waals surface area contributed by atoms with Crippen molar-refractivity contribution >= 4 is 0 Å². The summed E-state index contributed by atoms with van der Waals surface area (Å²) in [6, 6.07) is 0. The Bertz CT molecular complexity index is 168. The zero-order chi connectivity index (χ0) is 6.85. The first-order valence-corrected chi connectivity index (χ1v) is 2.88. The van der Waals surface area contributed by atoms with Crippen LogP contribution in [0.2, 0.25) is 0 Å². The normalized spacial score (nSPS) is 27.2. The first kappa shape index (κ1) is 6.46. The number of rotatable bonds is 0. The van der Waals surface area contributed by atoms with Gasteiger partial charge in [-0.1, -0.05) is 11.6 Å². The molecule has 0 aromatic heterocycles. The fourth-order valence-electron chi connectivity index (χ4n) is 0.769. The lowest BCUT2D eigenvalue weighted by molar-refractivity contribution is 0.324. The van der Waals surface area contributed by atoms with Crippen molar-refractivity contribution in [3.63, 3.8) is 0 Å². The first-order chi connectivity index (χ1) is 4.20. The molecule has 0 amide bonds. The maximum Gasteiger partial charge on any atom is 0.155 e. The Morgan fingerprint density at radius 2 is 2.33 bits per heavy atom. The summed E-state index contributed by atoms with van der Waals surface area (Å²) in [5.74, 6) is -0.644. The van der Waals surface area contributed by atoms with Crippen LogP contribution >= 0.6 is 0 Å². The van der Waals surface area contributed by atoms with Gasteiger partial charge >= 0.3 is 0 Å². The van der Waals surface area contributed by atoms with E-state index in [4.69, 9.17) is 0 Å². The highest BCUT2D eigenvalue weighted by molar-refractivity contribution is 5.25. The number of hydrogen-bond acceptors (Lipinski definition) is 0. The minimum Gasteiger partial charge on any atom is -0.239 e. The van der Waals surface area contributed by atoms with Crippen LogP contribution in [0.25, 0.3) is 0 Å². The molecule has 0 radical (unpaired) electrons. The van der Waals surface area contributed by atoms with Gasteiger partial charge in [0.05, 0.1) is 0 Å². The molecule has 1 aliphatic rings. The predicted octanol–water partition coefficient (Wildman–Crippen LogP) is 2.53. The van der Waals surface area contributed by atoms with Crippen molar-refractivity contribution in [3.05, 3.63) is 23.6 Å². The maximum atomic E-state index is 12.3. The smallest absolute Gasteiger partial charge is 0.155 e. The Morgan fingerprint density at radius 1 is 1.67 bits per heavy atom. The molecule has 0 nitrogen and oxygen atoms in total. The van der Waals surface area contributed by atoms with Gasteiger partial charge in [-0.05, 0) is 13.0 Å². The van der Waals surface area contributed by atoms with Crippen LogP contribution in [-0.2, 0) is 0 Å². The molecule has 1 unspecified atom stereocenters. The molecule has 50 valence electrons. The van der Waals surface area contributed by atoms with Gasteiger partial charge < -0.3 is 0 Å². The third-order valence-corrected chi connectivity index (χ3v) is 1.31. The Morgan fingerprint density at radius 3 is 2.78 bits per heavy atom. The van der Waals surface area contributed by atoms with Crippen molar-refractivity contribution in [2.75, 3.05) is 0 Å². The quantitative estimate of drug-likeness (QED) is 0.472. The average molecular weight is 130 g/mol. The predicted molar refractivity (Wildman–Crippen MR) is 32.5 cm³/mol. The van der Waals surface area contributed by atoms with Crippen LogP contribution in [0, 0.1) is 0 Å². The van der Waals surface area contributed by atoms with E-state index in [9.17, 15) is 8.78 Å². The SMILES string of the molecule is CC1=CCC(F)C(F)=C1. The maximum absolute atomic E-state index is 12.3. The molecule has 0 saturated carbocycles. The molecule has 0 N–H and O–H groups in total. The van der Waals surface area contributed by atoms with E-state index < -0.39 is 12.0 Å². The van der Waals surface area contributed by atoms with E-state index in [2.05, 4.69) is 0 Å². The monoisotopic (exact) mass is 130 g/mol. The average Bonchev–Trinajstić information content (AvgIpc) is 1.80. The minimum atomic E-state index is -1.39. The summed E-state index contributed by atoms with van der Waals surface area (Å²) in [6.07, 6.45) is 1.71. The van der Waals surface area contributed by atoms with Crippen LogP contribution in [0.1, 0.15) is 13.3 Å². The number of alkyl halides is 1. The second-order valence-electron chi connectivity index (χ2n) is 2.18. The largest absolute Gasteiger partial charge is 0.239 e. The highest BCUT2D eigenvalue weighted by atomic mass is 19.2. The summed E-state index contributed by atoms with van der Waals surface area (Å²) < 4.78 is 24.5. The Labute approximate surface area is 52.9 Å². The fourth-order valence-corrected chi connectivity index (χ4v) is 0.769. The van der Waals surface area contributed by atoms with Crippen molar-refractivity contribution in [1.29, 1.82) is 0 Å². The van der Waals surface area contributed by atoms with Crippen molar-refractivity contribution in [1.82, 2.24) is 0 Å². The molecule has 0 aromatic carbocycles. The van der Waals surface area contributed by atoms with Crippen LogP contribution in [-0.4, -0.2) is 6.17 Å². The topological polar surface area (TPSA) is 0 Å². The summed E-state index contributed by atoms with van der Waals surface area (Å²) in [6.45, 7) is 1.76. The van der Waals surface area contributed by atoms with Crippen LogP contribution in [0.15, 0.2) is 23.6 Å². The second kappa shape index (κ2) is 2.29. The van der Waals surface area contributed by atoms with Crippen molar-refractivity contribution in [2.24, 2.45) is 0 Å². The van der Waals surface area contributed by atoms with Crippen LogP contribution in [0.3, 0.4) is 0 Å². The van der Waals surface area contributed by atoms with Gasteiger partial charge in [-0.25, -0.2) is 8.78 Å². The van der Waals surface area contributed by atoms with E-state index in [1.54, 1.807) is 13.0 Å². The van der Waals surface area contributed by atoms with E-state index in [-0.39, 0.29) is 6.42 Å². The van der Waals surface area contributed by atoms with Crippen molar-refractivity contribution in [2.45, 2.75) is 19.5 Å². The molecule has 0 aliphatic heterocycles. The summed E-state index contributed by atoms with van der Waals surface area (Å²) >= 11 is 0. The Hall–Kier alpha value is -0.660. The molecule has 1 rings (SSSR count). The van der Waals surface area contributed by atoms with Gasteiger partial charge in [0.25, 0.3) is 0 Å². The van der Waals surface area contributed by atoms with Gasteiger partial charge in [0.2, 0.25) is 0 Å². The Balaban J connectivity index is 2.74. The molecule has 0 spiro atoms. The molecule has 9 heavy (non-hydrogen) atoms. The summed E-state index contributed by atoms with van der Waals surface area (Å²) in [4.78, 5) is 0. The highest BCUT2D eigenvalue weighted by Crippen LogP contribution is 2.20. The van der Waals surface area contributed by atoms with Crippen LogP contribution in [0.5, 0.6) is 0 Å². The molecule has 0 bridgehead atoms. The zero-order valence-corrected chi connectivity index (χ0v) is 5.20. The summed E-state index contributed by atoms with van der Waals surface area (Å²) in [5.41, 5.74) is 0.807. The van der Waals surface area contributed by atoms with Crippen molar-refractivity contribution in [3.8, 4) is 0 Å². The van der Waals surface area contributed by atoms with Crippen LogP contribution < -0.4 is 0 Å². The fraction of sp³-hybridized carbons (Fsp3) is 0.429. The molecule has 0 fully saturated rings. The molecule has 0 aromatic rings. The highest BCUT2D eigenvalue weighted by Gasteiger charge is 2.14. The van der Waals surface area contributed by atoms with Gasteiger partial charge in [-0.15, -0.1) is 0 Å². The lowest BCUT2D eigenvalue weighted by atomic mass is 10.1. The van der Waals surface area contributed by atoms with Gasteiger partial charge in [0.1, 0.15) is 5.83 Å².